The van der Waals surface area contributed by atoms with E-state index in [-0.39, 0.29) is 11.3 Å². The number of carbonyl (C=O) groups is 2. The number of halogens is 3. The van der Waals surface area contributed by atoms with Gasteiger partial charge in [0.1, 0.15) is 0 Å². The number of anilines is 2. The molecule has 16 heteroatoms. The van der Waals surface area contributed by atoms with Crippen LogP contribution in [-0.2, 0) is 26.8 Å². The fraction of sp³-hybridized carbons (Fsp3) is 0.343. The summed E-state index contributed by atoms with van der Waals surface area (Å²) in [4.78, 5) is 33.0. The van der Waals surface area contributed by atoms with E-state index in [2.05, 4.69) is 20.5 Å². The Balaban J connectivity index is 1.55. The van der Waals surface area contributed by atoms with Gasteiger partial charge in [-0.25, -0.2) is 4.79 Å². The van der Waals surface area contributed by atoms with E-state index in [4.69, 9.17) is 15.2 Å². The standard InChI is InChI=1S/C35H38F3N5O7S/c1-34(2,3)26-17-25(32(39)44)30(49-4)29(28(26)31(35(36,37)38)51(46,47)48)42-33(45)41-27-12-11-22(23-7-5-6-8-24(23)27)20-9-10-21(40-18-20)19-43-13-15-50-16-14-43/h5-12,17-18,31H,13-16,19H2,1-4H3,(H2,39,44)(H2,41,42,45)(H,46,47,48). The van der Waals surface area contributed by atoms with Crippen molar-refractivity contribution >= 4 is 44.2 Å². The minimum atomic E-state index is -5.89. The van der Waals surface area contributed by atoms with Crippen LogP contribution in [0.5, 0.6) is 5.75 Å². The van der Waals surface area contributed by atoms with Crippen LogP contribution in [0.2, 0.25) is 0 Å². The van der Waals surface area contributed by atoms with Gasteiger partial charge in [0.2, 0.25) is 5.25 Å². The first kappa shape index (κ1) is 37.5. The predicted octanol–water partition coefficient (Wildman–Crippen LogP) is 6.27. The molecule has 0 saturated carbocycles. The molecule has 0 spiro atoms. The molecule has 1 aromatic heterocycles. The molecule has 272 valence electrons. The van der Waals surface area contributed by atoms with Crippen molar-refractivity contribution in [3.8, 4) is 16.9 Å². The number of morpholine rings is 1. The molecule has 1 atom stereocenters. The van der Waals surface area contributed by atoms with Crippen LogP contribution in [-0.4, -0.2) is 74.4 Å². The number of alkyl halides is 3. The molecule has 4 aromatic rings. The van der Waals surface area contributed by atoms with Gasteiger partial charge in [-0.1, -0.05) is 57.2 Å². The van der Waals surface area contributed by atoms with Gasteiger partial charge in [0.05, 0.1) is 43.0 Å². The van der Waals surface area contributed by atoms with Crippen LogP contribution in [0.25, 0.3) is 21.9 Å². The summed E-state index contributed by atoms with van der Waals surface area (Å²) in [6.45, 7) is 8.06. The van der Waals surface area contributed by atoms with E-state index in [1.807, 2.05) is 24.3 Å². The largest absolute Gasteiger partial charge is 0.494 e. The van der Waals surface area contributed by atoms with Crippen molar-refractivity contribution in [3.63, 3.8) is 0 Å². The quantitative estimate of drug-likeness (QED) is 0.145. The van der Waals surface area contributed by atoms with Crippen LogP contribution in [0, 0.1) is 0 Å². The summed E-state index contributed by atoms with van der Waals surface area (Å²) < 4.78 is 88.8. The molecule has 12 nitrogen and oxygen atoms in total. The highest BCUT2D eigenvalue weighted by Crippen LogP contribution is 2.50. The zero-order chi connectivity index (χ0) is 37.3. The number of hydrogen-bond donors (Lipinski definition) is 4. The third-order valence-electron chi connectivity index (χ3n) is 8.49. The van der Waals surface area contributed by atoms with Gasteiger partial charge in [-0.15, -0.1) is 0 Å². The van der Waals surface area contributed by atoms with Crippen molar-refractivity contribution in [1.29, 1.82) is 0 Å². The summed E-state index contributed by atoms with van der Waals surface area (Å²) in [6.07, 6.45) is -3.79. The average Bonchev–Trinajstić information content (AvgIpc) is 3.04. The van der Waals surface area contributed by atoms with E-state index < -0.39 is 61.5 Å². The van der Waals surface area contributed by atoms with Crippen LogP contribution >= 0.6 is 0 Å². The predicted molar refractivity (Wildman–Crippen MR) is 186 cm³/mol. The van der Waals surface area contributed by atoms with Crippen LogP contribution < -0.4 is 21.1 Å². The summed E-state index contributed by atoms with van der Waals surface area (Å²) in [7, 11) is -4.87. The second-order valence-electron chi connectivity index (χ2n) is 13.1. The number of ether oxygens (including phenoxy) is 2. The molecule has 3 amide bonds. The zero-order valence-electron chi connectivity index (χ0n) is 28.3. The van der Waals surface area contributed by atoms with Crippen molar-refractivity contribution in [3.05, 3.63) is 83.2 Å². The van der Waals surface area contributed by atoms with Crippen molar-refractivity contribution in [2.45, 2.75) is 44.2 Å². The Morgan fingerprint density at radius 3 is 2.25 bits per heavy atom. The molecule has 5 rings (SSSR count). The van der Waals surface area contributed by atoms with Crippen LogP contribution in [0.15, 0.2) is 60.8 Å². The molecule has 3 aromatic carbocycles. The Kier molecular flexibility index (Phi) is 10.6. The third-order valence-corrected chi connectivity index (χ3v) is 9.59. The fourth-order valence-electron chi connectivity index (χ4n) is 6.17. The van der Waals surface area contributed by atoms with Gasteiger partial charge in [0.15, 0.2) is 5.75 Å². The highest BCUT2D eigenvalue weighted by Gasteiger charge is 2.53. The summed E-state index contributed by atoms with van der Waals surface area (Å²) in [6, 6.07) is 14.3. The van der Waals surface area contributed by atoms with Gasteiger partial charge < -0.3 is 25.8 Å². The maximum Gasteiger partial charge on any atom is 0.411 e. The van der Waals surface area contributed by atoms with E-state index in [9.17, 15) is 35.7 Å². The lowest BCUT2D eigenvalue weighted by atomic mass is 9.80. The highest BCUT2D eigenvalue weighted by molar-refractivity contribution is 7.86. The molecule has 0 bridgehead atoms. The normalized spacial score (nSPS) is 15.0. The molecule has 1 aliphatic rings. The number of nitrogens with zero attached hydrogens (tertiary/aromatic N) is 2. The highest BCUT2D eigenvalue weighted by atomic mass is 32.2. The van der Waals surface area contributed by atoms with E-state index >= 15 is 0 Å². The number of methoxy groups -OCH3 is 1. The van der Waals surface area contributed by atoms with Crippen LogP contribution in [0.4, 0.5) is 29.3 Å². The molecule has 1 saturated heterocycles. The number of aromatic nitrogens is 1. The number of carbonyl (C=O) groups excluding carboxylic acids is 2. The topological polar surface area (TPSA) is 173 Å². The number of benzene rings is 3. The number of fused-ring (bicyclic) bond motifs is 1. The van der Waals surface area contributed by atoms with E-state index in [1.54, 1.807) is 30.5 Å². The van der Waals surface area contributed by atoms with Crippen molar-refractivity contribution in [1.82, 2.24) is 9.88 Å². The molecule has 1 unspecified atom stereocenters. The number of amides is 3. The van der Waals surface area contributed by atoms with Gasteiger partial charge in [0, 0.05) is 42.3 Å². The Hall–Kier alpha value is -4.77. The van der Waals surface area contributed by atoms with Crippen molar-refractivity contribution in [2.75, 3.05) is 44.0 Å². The fourth-order valence-corrected chi connectivity index (χ4v) is 7.05. The monoisotopic (exact) mass is 729 g/mol. The minimum absolute atomic E-state index is 0.258. The molecule has 51 heavy (non-hydrogen) atoms. The van der Waals surface area contributed by atoms with Crippen molar-refractivity contribution < 1.29 is 45.2 Å². The van der Waals surface area contributed by atoms with Gasteiger partial charge in [-0.05, 0) is 40.1 Å². The molecular formula is C35H38F3N5O7S. The maximum atomic E-state index is 14.5. The number of nitrogens with one attached hydrogen (secondary N) is 2. The Bertz CT molecular complexity index is 2060. The summed E-state index contributed by atoms with van der Waals surface area (Å²) in [5.41, 5.74) is 4.48. The molecule has 1 fully saturated rings. The Labute approximate surface area is 292 Å². The van der Waals surface area contributed by atoms with Gasteiger partial charge >= 0.3 is 12.2 Å². The van der Waals surface area contributed by atoms with Crippen molar-refractivity contribution in [2.24, 2.45) is 5.73 Å². The van der Waals surface area contributed by atoms with Gasteiger partial charge in [-0.3, -0.25) is 19.2 Å². The number of hydrogen-bond acceptors (Lipinski definition) is 8. The molecule has 0 aliphatic carbocycles. The molecule has 5 N–H and O–H groups in total. The number of nitrogens with two attached hydrogens (primary N) is 1. The molecule has 1 aliphatic heterocycles. The average molecular weight is 730 g/mol. The molecule has 2 heterocycles. The first-order chi connectivity index (χ1) is 23.9. The Morgan fingerprint density at radius 1 is 1.04 bits per heavy atom. The van der Waals surface area contributed by atoms with Crippen LogP contribution in [0.1, 0.15) is 53.2 Å². The number of rotatable bonds is 9. The second-order valence-corrected chi connectivity index (χ2v) is 14.6. The minimum Gasteiger partial charge on any atom is -0.494 e. The van der Waals surface area contributed by atoms with Gasteiger partial charge in [-0.2, -0.15) is 21.6 Å². The summed E-state index contributed by atoms with van der Waals surface area (Å²) in [5, 5.41) is 2.69. The smallest absolute Gasteiger partial charge is 0.411 e. The number of primary amides is 1. The lowest BCUT2D eigenvalue weighted by Crippen LogP contribution is -2.35. The second kappa shape index (κ2) is 14.5. The van der Waals surface area contributed by atoms with Crippen LogP contribution in [0.3, 0.4) is 0 Å². The first-order valence-electron chi connectivity index (χ1n) is 15.8. The summed E-state index contributed by atoms with van der Waals surface area (Å²) >= 11 is 0. The van der Waals surface area contributed by atoms with Gasteiger partial charge in [0.25, 0.3) is 16.0 Å². The number of urea groups is 1. The zero-order valence-corrected chi connectivity index (χ0v) is 29.1. The number of pyridine rings is 1. The maximum absolute atomic E-state index is 14.5. The molecule has 0 radical (unpaired) electrons. The lowest BCUT2D eigenvalue weighted by molar-refractivity contribution is -0.132. The lowest BCUT2D eigenvalue weighted by Gasteiger charge is -2.31. The van der Waals surface area contributed by atoms with E-state index in [0.29, 0.717) is 25.1 Å². The first-order valence-corrected chi connectivity index (χ1v) is 17.3. The summed E-state index contributed by atoms with van der Waals surface area (Å²) in [5.74, 6) is -1.74. The van der Waals surface area contributed by atoms with E-state index in [1.165, 1.54) is 20.8 Å². The Morgan fingerprint density at radius 2 is 1.71 bits per heavy atom. The third kappa shape index (κ3) is 8.25. The molecular weight excluding hydrogens is 691 g/mol. The SMILES string of the molecule is COc1c(C(N)=O)cc(C(C)(C)C)c(C(C(F)(F)F)S(=O)(=O)O)c1NC(=O)Nc1ccc(-c2ccc(CN3CCOCC3)nc2)c2ccccc12. The van der Waals surface area contributed by atoms with E-state index in [0.717, 1.165) is 48.5 Å².